The van der Waals surface area contributed by atoms with Gasteiger partial charge in [0.15, 0.2) is 5.96 Å². The summed E-state index contributed by atoms with van der Waals surface area (Å²) < 4.78 is 0.190. The van der Waals surface area contributed by atoms with Gasteiger partial charge in [-0.2, -0.15) is 11.8 Å². The summed E-state index contributed by atoms with van der Waals surface area (Å²) in [5.41, 5.74) is 0. The van der Waals surface area contributed by atoms with Crippen molar-refractivity contribution in [3.63, 3.8) is 0 Å². The summed E-state index contributed by atoms with van der Waals surface area (Å²) in [7, 11) is 0. The van der Waals surface area contributed by atoms with E-state index in [1.165, 1.54) is 30.8 Å². The Morgan fingerprint density at radius 1 is 1.36 bits per heavy atom. The smallest absolute Gasteiger partial charge is 0.191 e. The Morgan fingerprint density at radius 3 is 2.72 bits per heavy atom. The molecule has 0 spiro atoms. The Morgan fingerprint density at radius 2 is 2.12 bits per heavy atom. The molecule has 0 aromatic carbocycles. The van der Waals surface area contributed by atoms with Crippen LogP contribution in [0, 0.1) is 5.92 Å². The van der Waals surface area contributed by atoms with E-state index >= 15 is 0 Å². The number of hydrogen-bond donors (Lipinski definition) is 2. The van der Waals surface area contributed by atoms with E-state index in [-0.39, 0.29) is 4.75 Å². The van der Waals surface area contributed by atoms with Crippen molar-refractivity contribution in [1.29, 1.82) is 0 Å². The van der Waals surface area contributed by atoms with Crippen LogP contribution in [-0.4, -0.2) is 54.6 Å². The third-order valence-corrected chi connectivity index (χ3v) is 6.84. The molecule has 0 radical (unpaired) electrons. The monoisotopic (exact) mass is 382 g/mol. The number of likely N-dealkylation sites (tertiary alicyclic amines) is 1. The van der Waals surface area contributed by atoms with Gasteiger partial charge in [0.1, 0.15) is 0 Å². The number of hydrogen-bond acceptors (Lipinski definition) is 4. The van der Waals surface area contributed by atoms with Crippen molar-refractivity contribution in [2.45, 2.75) is 44.9 Å². The van der Waals surface area contributed by atoms with Crippen LogP contribution in [-0.2, 0) is 6.54 Å². The van der Waals surface area contributed by atoms with Crippen molar-refractivity contribution >= 4 is 29.1 Å². The molecule has 1 aromatic rings. The van der Waals surface area contributed by atoms with Crippen LogP contribution in [0.2, 0.25) is 0 Å². The van der Waals surface area contributed by atoms with Gasteiger partial charge in [0.05, 0.1) is 6.54 Å². The minimum absolute atomic E-state index is 0.190. The molecule has 1 aliphatic rings. The molecule has 1 saturated heterocycles. The molecule has 0 bridgehead atoms. The number of nitrogens with zero attached hydrogens (tertiary/aromatic N) is 2. The van der Waals surface area contributed by atoms with Crippen molar-refractivity contribution in [2.24, 2.45) is 10.9 Å². The minimum atomic E-state index is 0.190. The van der Waals surface area contributed by atoms with E-state index in [4.69, 9.17) is 4.99 Å². The Labute approximate surface area is 161 Å². The zero-order valence-electron chi connectivity index (χ0n) is 16.2. The van der Waals surface area contributed by atoms with E-state index in [0.29, 0.717) is 0 Å². The van der Waals surface area contributed by atoms with Crippen LogP contribution in [0.1, 0.15) is 38.5 Å². The topological polar surface area (TPSA) is 39.7 Å². The average molecular weight is 383 g/mol. The molecular weight excluding hydrogens is 348 g/mol. The van der Waals surface area contributed by atoms with E-state index in [1.54, 1.807) is 0 Å². The van der Waals surface area contributed by atoms with Gasteiger partial charge in [-0.1, -0.05) is 6.07 Å². The fraction of sp³-hybridized carbons (Fsp3) is 0.737. The second-order valence-electron chi connectivity index (χ2n) is 7.34. The SMILES string of the molecule is CCNC(=NCC(C)(C)SC)NCC1CCN(Cc2cccs2)CC1. The summed E-state index contributed by atoms with van der Waals surface area (Å²) in [5, 5.41) is 9.11. The third-order valence-electron chi connectivity index (χ3n) is 4.74. The van der Waals surface area contributed by atoms with Crippen LogP contribution in [0.4, 0.5) is 0 Å². The van der Waals surface area contributed by atoms with Crippen molar-refractivity contribution < 1.29 is 0 Å². The number of thioether (sulfide) groups is 1. The zero-order valence-corrected chi connectivity index (χ0v) is 17.8. The molecule has 4 nitrogen and oxygen atoms in total. The number of aliphatic imine (C=N–C) groups is 1. The Kier molecular flexibility index (Phi) is 8.59. The number of thiophene rings is 1. The maximum absolute atomic E-state index is 4.77. The summed E-state index contributed by atoms with van der Waals surface area (Å²) in [5.74, 6) is 1.71. The van der Waals surface area contributed by atoms with E-state index in [0.717, 1.165) is 38.1 Å². The van der Waals surface area contributed by atoms with E-state index < -0.39 is 0 Å². The highest BCUT2D eigenvalue weighted by molar-refractivity contribution is 7.99. The molecule has 1 aliphatic heterocycles. The lowest BCUT2D eigenvalue weighted by Gasteiger charge is -2.32. The first-order chi connectivity index (χ1) is 12.0. The Bertz CT molecular complexity index is 506. The molecule has 1 fully saturated rings. The molecule has 2 heterocycles. The van der Waals surface area contributed by atoms with Crippen LogP contribution < -0.4 is 10.6 Å². The third kappa shape index (κ3) is 7.59. The van der Waals surface area contributed by atoms with Crippen LogP contribution in [0.25, 0.3) is 0 Å². The number of piperidine rings is 1. The minimum Gasteiger partial charge on any atom is -0.357 e. The van der Waals surface area contributed by atoms with Gasteiger partial charge in [0, 0.05) is 29.3 Å². The molecule has 25 heavy (non-hydrogen) atoms. The van der Waals surface area contributed by atoms with Crippen LogP contribution in [0.3, 0.4) is 0 Å². The summed E-state index contributed by atoms with van der Waals surface area (Å²) in [6, 6.07) is 4.39. The lowest BCUT2D eigenvalue weighted by atomic mass is 9.97. The summed E-state index contributed by atoms with van der Waals surface area (Å²) in [6.07, 6.45) is 4.70. The van der Waals surface area contributed by atoms with Crippen molar-refractivity contribution in [3.05, 3.63) is 22.4 Å². The fourth-order valence-electron chi connectivity index (χ4n) is 2.89. The number of nitrogens with one attached hydrogen (secondary N) is 2. The quantitative estimate of drug-likeness (QED) is 0.532. The largest absolute Gasteiger partial charge is 0.357 e. The van der Waals surface area contributed by atoms with Crippen molar-refractivity contribution in [1.82, 2.24) is 15.5 Å². The molecule has 0 aliphatic carbocycles. The lowest BCUT2D eigenvalue weighted by molar-refractivity contribution is 0.179. The first-order valence-electron chi connectivity index (χ1n) is 9.34. The predicted molar refractivity (Wildman–Crippen MR) is 114 cm³/mol. The van der Waals surface area contributed by atoms with Crippen LogP contribution >= 0.6 is 23.1 Å². The van der Waals surface area contributed by atoms with Gasteiger partial charge in [0.2, 0.25) is 0 Å². The first-order valence-corrected chi connectivity index (χ1v) is 11.4. The highest BCUT2D eigenvalue weighted by Gasteiger charge is 2.20. The summed E-state index contributed by atoms with van der Waals surface area (Å²) in [4.78, 5) is 8.84. The van der Waals surface area contributed by atoms with Crippen molar-refractivity contribution in [2.75, 3.05) is 39.0 Å². The van der Waals surface area contributed by atoms with Gasteiger partial charge in [0.25, 0.3) is 0 Å². The molecule has 0 atom stereocenters. The van der Waals surface area contributed by atoms with Crippen molar-refractivity contribution in [3.8, 4) is 0 Å². The van der Waals surface area contributed by atoms with Gasteiger partial charge in [-0.05, 0) is 70.3 Å². The molecule has 0 unspecified atom stereocenters. The van der Waals surface area contributed by atoms with E-state index in [9.17, 15) is 0 Å². The second kappa shape index (κ2) is 10.4. The zero-order chi connectivity index (χ0) is 18.1. The molecule has 2 rings (SSSR count). The average Bonchev–Trinajstić information content (AvgIpc) is 3.12. The molecule has 6 heteroatoms. The highest BCUT2D eigenvalue weighted by Crippen LogP contribution is 2.21. The molecule has 2 N–H and O–H groups in total. The standard InChI is InChI=1S/C19H34N4S2/c1-5-20-18(22-15-19(2,3)24-4)21-13-16-8-10-23(11-9-16)14-17-7-6-12-25-17/h6-7,12,16H,5,8-11,13-15H2,1-4H3,(H2,20,21,22). The molecular formula is C19H34N4S2. The van der Waals surface area contributed by atoms with Gasteiger partial charge < -0.3 is 10.6 Å². The first kappa shape index (κ1) is 20.6. The fourth-order valence-corrected chi connectivity index (χ4v) is 3.83. The molecule has 0 amide bonds. The van der Waals surface area contributed by atoms with Gasteiger partial charge in [-0.3, -0.25) is 9.89 Å². The highest BCUT2D eigenvalue weighted by atomic mass is 32.2. The Hall–Kier alpha value is -0.720. The number of rotatable bonds is 8. The molecule has 0 saturated carbocycles. The molecule has 142 valence electrons. The predicted octanol–water partition coefficient (Wildman–Crippen LogP) is 3.66. The lowest BCUT2D eigenvalue weighted by Crippen LogP contribution is -2.43. The molecule has 1 aromatic heterocycles. The number of guanidine groups is 1. The van der Waals surface area contributed by atoms with E-state index in [1.807, 2.05) is 23.1 Å². The summed E-state index contributed by atoms with van der Waals surface area (Å²) >= 11 is 3.73. The second-order valence-corrected chi connectivity index (χ2v) is 9.88. The summed E-state index contributed by atoms with van der Waals surface area (Å²) in [6.45, 7) is 12.9. The van der Waals surface area contributed by atoms with Gasteiger partial charge in [-0.25, -0.2) is 0 Å². The van der Waals surface area contributed by atoms with Gasteiger partial charge in [-0.15, -0.1) is 11.3 Å². The maximum atomic E-state index is 4.77. The van der Waals surface area contributed by atoms with Crippen LogP contribution in [0.5, 0.6) is 0 Å². The van der Waals surface area contributed by atoms with E-state index in [2.05, 4.69) is 60.1 Å². The van der Waals surface area contributed by atoms with Gasteiger partial charge >= 0.3 is 0 Å². The maximum Gasteiger partial charge on any atom is 0.191 e. The Balaban J connectivity index is 1.73. The van der Waals surface area contributed by atoms with Crippen LogP contribution in [0.15, 0.2) is 22.5 Å². The normalized spacial score (nSPS) is 17.7.